The molecule has 3 aromatic rings. The van der Waals surface area contributed by atoms with Crippen molar-refractivity contribution in [2.45, 2.75) is 27.7 Å². The van der Waals surface area contributed by atoms with Crippen LogP contribution >= 0.6 is 22.9 Å². The van der Waals surface area contributed by atoms with Crippen molar-refractivity contribution in [1.29, 1.82) is 0 Å². The highest BCUT2D eigenvalue weighted by atomic mass is 35.5. The van der Waals surface area contributed by atoms with E-state index in [2.05, 4.69) is 9.97 Å². The Bertz CT molecular complexity index is 933. The van der Waals surface area contributed by atoms with Crippen LogP contribution in [0.4, 0.5) is 0 Å². The number of aromatic nitrogens is 2. The van der Waals surface area contributed by atoms with Gasteiger partial charge in [0.25, 0.3) is 0 Å². The molecule has 0 unspecified atom stereocenters. The van der Waals surface area contributed by atoms with E-state index in [1.807, 2.05) is 25.1 Å². The van der Waals surface area contributed by atoms with E-state index in [-0.39, 0.29) is 16.7 Å². The fourth-order valence-electron chi connectivity index (χ4n) is 2.03. The van der Waals surface area contributed by atoms with Gasteiger partial charge in [-0.15, -0.1) is 11.3 Å². The number of hydrogen-bond acceptors (Lipinski definition) is 6. The molecular weight excluding hydrogens is 360 g/mol. The highest BCUT2D eigenvalue weighted by Gasteiger charge is 2.10. The highest BCUT2D eigenvalue weighted by Crippen LogP contribution is 2.31. The van der Waals surface area contributed by atoms with Crippen LogP contribution < -0.4 is 4.74 Å². The van der Waals surface area contributed by atoms with E-state index in [1.165, 1.54) is 20.8 Å². The van der Waals surface area contributed by atoms with Crippen molar-refractivity contribution < 1.29 is 14.3 Å². The second kappa shape index (κ2) is 8.18. The molecule has 3 rings (SSSR count). The van der Waals surface area contributed by atoms with Crippen LogP contribution in [0, 0.1) is 6.92 Å². The van der Waals surface area contributed by atoms with E-state index in [1.54, 1.807) is 23.6 Å². The van der Waals surface area contributed by atoms with Crippen molar-refractivity contribution in [2.24, 2.45) is 0 Å². The molecule has 0 aliphatic heterocycles. The Labute approximate surface area is 154 Å². The lowest BCUT2D eigenvalue weighted by atomic mass is 10.1. The molecule has 7 heteroatoms. The highest BCUT2D eigenvalue weighted by molar-refractivity contribution is 7.18. The number of Topliss-reactive ketones (excluding diaryl/α,β-unsaturated/α-hetero) is 1. The molecular formula is C18H17ClN2O3S. The quantitative estimate of drug-likeness (QED) is 0.472. The van der Waals surface area contributed by atoms with Gasteiger partial charge in [0, 0.05) is 18.7 Å². The summed E-state index contributed by atoms with van der Waals surface area (Å²) in [7, 11) is 0. The number of carbonyl (C=O) groups excluding carboxylic acids is 2. The minimum atomic E-state index is -0.426. The fourth-order valence-corrected chi connectivity index (χ4v) is 3.04. The van der Waals surface area contributed by atoms with Crippen LogP contribution in [-0.4, -0.2) is 21.7 Å². The predicted molar refractivity (Wildman–Crippen MR) is 100 cm³/mol. The summed E-state index contributed by atoms with van der Waals surface area (Å²) < 4.78 is 6.16. The van der Waals surface area contributed by atoms with E-state index in [0.717, 1.165) is 26.4 Å². The zero-order valence-corrected chi connectivity index (χ0v) is 15.9. The number of carbonyl (C=O) groups is 2. The number of esters is 1. The van der Waals surface area contributed by atoms with E-state index < -0.39 is 5.97 Å². The monoisotopic (exact) mass is 376 g/mol. The van der Waals surface area contributed by atoms with Gasteiger partial charge >= 0.3 is 5.97 Å². The van der Waals surface area contributed by atoms with E-state index in [0.29, 0.717) is 0 Å². The van der Waals surface area contributed by atoms with Crippen LogP contribution in [0.3, 0.4) is 0 Å². The molecule has 25 heavy (non-hydrogen) atoms. The van der Waals surface area contributed by atoms with Gasteiger partial charge in [-0.2, -0.15) is 0 Å². The molecule has 0 aliphatic rings. The van der Waals surface area contributed by atoms with Crippen molar-refractivity contribution >= 4 is 44.9 Å². The van der Waals surface area contributed by atoms with Crippen LogP contribution in [-0.2, 0) is 9.59 Å². The Morgan fingerprint density at radius 2 is 1.80 bits per heavy atom. The van der Waals surface area contributed by atoms with Crippen LogP contribution in [0.25, 0.3) is 21.3 Å². The number of ketones is 1. The van der Waals surface area contributed by atoms with Gasteiger partial charge in [0.05, 0.1) is 15.2 Å². The van der Waals surface area contributed by atoms with E-state index in [4.69, 9.17) is 16.3 Å². The lowest BCUT2D eigenvalue weighted by Gasteiger charge is -2.06. The van der Waals surface area contributed by atoms with Crippen molar-refractivity contribution in [3.63, 3.8) is 0 Å². The van der Waals surface area contributed by atoms with Gasteiger partial charge in [0.2, 0.25) is 0 Å². The molecule has 0 N–H and O–H groups in total. The summed E-state index contributed by atoms with van der Waals surface area (Å²) in [5, 5.41) is 1.20. The molecule has 0 saturated heterocycles. The minimum Gasteiger partial charge on any atom is -0.423 e. The van der Waals surface area contributed by atoms with Crippen LogP contribution in [0.1, 0.15) is 25.8 Å². The first-order valence-electron chi connectivity index (χ1n) is 7.45. The summed E-state index contributed by atoms with van der Waals surface area (Å²) in [6.07, 6.45) is 1.66. The molecule has 5 nitrogen and oxygen atoms in total. The second-order valence-electron chi connectivity index (χ2n) is 5.43. The van der Waals surface area contributed by atoms with Gasteiger partial charge in [0.1, 0.15) is 5.78 Å². The van der Waals surface area contributed by atoms with Crippen molar-refractivity contribution in [2.75, 3.05) is 0 Å². The molecule has 1 aromatic carbocycles. The van der Waals surface area contributed by atoms with Gasteiger partial charge in [-0.3, -0.25) is 4.79 Å². The number of halogens is 1. The fraction of sp³-hybridized carbons (Fsp3) is 0.222. The molecule has 2 heterocycles. The molecule has 2 aromatic heterocycles. The number of fused-ring (bicyclic) bond motifs is 1. The van der Waals surface area contributed by atoms with Gasteiger partial charge in [-0.1, -0.05) is 17.7 Å². The number of pyridine rings is 1. The molecule has 130 valence electrons. The minimum absolute atomic E-state index is 0.167. The Balaban J connectivity index is 0.000000511. The Morgan fingerprint density at radius 1 is 1.12 bits per heavy atom. The molecule has 0 atom stereocenters. The zero-order valence-electron chi connectivity index (χ0n) is 14.3. The predicted octanol–water partition coefficient (Wildman–Crippen LogP) is 4.84. The van der Waals surface area contributed by atoms with Crippen LogP contribution in [0.5, 0.6) is 5.75 Å². The number of ether oxygens (including phenoxy) is 1. The van der Waals surface area contributed by atoms with Crippen molar-refractivity contribution in [3.8, 4) is 16.9 Å². The summed E-state index contributed by atoms with van der Waals surface area (Å²) >= 11 is 7.57. The number of hydrogen-bond donors (Lipinski definition) is 0. The summed E-state index contributed by atoms with van der Waals surface area (Å²) in [6, 6.07) is 7.69. The lowest BCUT2D eigenvalue weighted by molar-refractivity contribution is -0.131. The zero-order chi connectivity index (χ0) is 18.6. The average Bonchev–Trinajstić information content (AvgIpc) is 2.87. The number of rotatable bonds is 2. The smallest absolute Gasteiger partial charge is 0.308 e. The molecule has 0 aliphatic carbocycles. The molecule has 0 saturated carbocycles. The standard InChI is InChI=1S/C15H11ClN2O2S.C3H6O/c1-8-18-12-4-3-10(6-14(12)21-8)11-5-13(20-9(2)19)15(16)17-7-11;1-3(2)4/h3-7H,1-2H3;1-2H3. The van der Waals surface area contributed by atoms with Crippen molar-refractivity contribution in [3.05, 3.63) is 40.6 Å². The Morgan fingerprint density at radius 3 is 2.44 bits per heavy atom. The molecule has 0 fully saturated rings. The SMILES string of the molecule is CC(=O)Oc1cc(-c2ccc3nc(C)sc3c2)cnc1Cl.CC(C)=O. The average molecular weight is 377 g/mol. The van der Waals surface area contributed by atoms with E-state index in [9.17, 15) is 9.59 Å². The summed E-state index contributed by atoms with van der Waals surface area (Å²) in [5.74, 6) is 0.00614. The third-order valence-electron chi connectivity index (χ3n) is 2.89. The number of benzene rings is 1. The Hall–Kier alpha value is -2.31. The maximum atomic E-state index is 11.1. The second-order valence-corrected chi connectivity index (χ2v) is 7.02. The van der Waals surface area contributed by atoms with Crippen LogP contribution in [0.15, 0.2) is 30.5 Å². The number of aryl methyl sites for hydroxylation is 1. The number of thiazole rings is 1. The third-order valence-corrected chi connectivity index (χ3v) is 4.11. The number of nitrogens with zero attached hydrogens (tertiary/aromatic N) is 2. The molecule has 0 amide bonds. The first-order valence-corrected chi connectivity index (χ1v) is 8.64. The van der Waals surface area contributed by atoms with E-state index >= 15 is 0 Å². The largest absolute Gasteiger partial charge is 0.423 e. The molecule has 0 spiro atoms. The molecule has 0 radical (unpaired) electrons. The van der Waals surface area contributed by atoms with Gasteiger partial charge in [0.15, 0.2) is 10.9 Å². The molecule has 0 bridgehead atoms. The van der Waals surface area contributed by atoms with Crippen molar-refractivity contribution in [1.82, 2.24) is 9.97 Å². The maximum absolute atomic E-state index is 11.1. The van der Waals surface area contributed by atoms with Crippen LogP contribution in [0.2, 0.25) is 5.15 Å². The third kappa shape index (κ3) is 5.34. The lowest BCUT2D eigenvalue weighted by Crippen LogP contribution is -2.02. The van der Waals surface area contributed by atoms with Gasteiger partial charge < -0.3 is 9.53 Å². The normalized spacial score (nSPS) is 10.1. The first kappa shape index (κ1) is 19.0. The van der Waals surface area contributed by atoms with Gasteiger partial charge in [-0.05, 0) is 44.5 Å². The first-order chi connectivity index (χ1) is 11.8. The maximum Gasteiger partial charge on any atom is 0.308 e. The van der Waals surface area contributed by atoms with Gasteiger partial charge in [-0.25, -0.2) is 9.97 Å². The topological polar surface area (TPSA) is 69.2 Å². The Kier molecular flexibility index (Phi) is 6.22. The summed E-state index contributed by atoms with van der Waals surface area (Å²) in [4.78, 5) is 29.0. The summed E-state index contributed by atoms with van der Waals surface area (Å²) in [5.41, 5.74) is 2.79. The summed E-state index contributed by atoms with van der Waals surface area (Å²) in [6.45, 7) is 6.36.